The van der Waals surface area contributed by atoms with Gasteiger partial charge in [0.2, 0.25) is 0 Å². The van der Waals surface area contributed by atoms with Crippen molar-refractivity contribution in [3.8, 4) is 5.75 Å². The van der Waals surface area contributed by atoms with Gasteiger partial charge >= 0.3 is 0 Å². The Morgan fingerprint density at radius 2 is 2.33 bits per heavy atom. The van der Waals surface area contributed by atoms with Crippen LogP contribution in [0.5, 0.6) is 5.75 Å². The van der Waals surface area contributed by atoms with Gasteiger partial charge in [0.15, 0.2) is 11.6 Å². The van der Waals surface area contributed by atoms with Crippen molar-refractivity contribution in [3.63, 3.8) is 0 Å². The smallest absolute Gasteiger partial charge is 0.165 e. The van der Waals surface area contributed by atoms with Crippen LogP contribution in [0.2, 0.25) is 0 Å². The maximum atomic E-state index is 14.1. The lowest BCUT2D eigenvalue weighted by Crippen LogP contribution is -2.35. The maximum Gasteiger partial charge on any atom is 0.165 e. The summed E-state index contributed by atoms with van der Waals surface area (Å²) in [7, 11) is 1.42. The van der Waals surface area contributed by atoms with Crippen molar-refractivity contribution in [2.24, 2.45) is 5.92 Å². The molecular weight excluding hydrogens is 236 g/mol. The van der Waals surface area contributed by atoms with E-state index in [1.165, 1.54) is 13.2 Å². The van der Waals surface area contributed by atoms with E-state index < -0.39 is 12.0 Å². The highest BCUT2D eigenvalue weighted by Gasteiger charge is 2.23. The summed E-state index contributed by atoms with van der Waals surface area (Å²) in [6.07, 6.45) is 1.29. The molecule has 1 aliphatic rings. The van der Waals surface area contributed by atoms with Gasteiger partial charge in [-0.05, 0) is 37.1 Å². The molecule has 1 heterocycles. The number of methoxy groups -OCH3 is 1. The van der Waals surface area contributed by atoms with Crippen molar-refractivity contribution in [3.05, 3.63) is 29.6 Å². The molecule has 0 aliphatic carbocycles. The van der Waals surface area contributed by atoms with E-state index in [0.29, 0.717) is 5.56 Å². The molecule has 100 valence electrons. The molecule has 1 N–H and O–H groups in total. The number of ether oxygens (including phenoxy) is 1. The van der Waals surface area contributed by atoms with Crippen molar-refractivity contribution >= 4 is 0 Å². The van der Waals surface area contributed by atoms with Gasteiger partial charge in [-0.1, -0.05) is 6.07 Å². The quantitative estimate of drug-likeness (QED) is 0.893. The summed E-state index contributed by atoms with van der Waals surface area (Å²) in [6, 6.07) is 4.64. The highest BCUT2D eigenvalue weighted by atomic mass is 19.1. The van der Waals surface area contributed by atoms with E-state index in [4.69, 9.17) is 4.74 Å². The van der Waals surface area contributed by atoms with Gasteiger partial charge < -0.3 is 10.1 Å². The molecule has 2 rings (SSSR count). The maximum absolute atomic E-state index is 14.1. The average molecular weight is 255 g/mol. The van der Waals surface area contributed by atoms with E-state index in [1.54, 1.807) is 12.1 Å². The fraction of sp³-hybridized carbons (Fsp3) is 0.571. The summed E-state index contributed by atoms with van der Waals surface area (Å²) in [6.45, 7) is 1.69. The van der Waals surface area contributed by atoms with Crippen molar-refractivity contribution in [2.75, 3.05) is 20.2 Å². The molecule has 0 amide bonds. The van der Waals surface area contributed by atoms with Crippen LogP contribution in [-0.2, 0) is 6.42 Å². The van der Waals surface area contributed by atoms with Crippen molar-refractivity contribution < 1.29 is 13.5 Å². The van der Waals surface area contributed by atoms with E-state index >= 15 is 0 Å². The molecule has 0 spiro atoms. The summed E-state index contributed by atoms with van der Waals surface area (Å²) in [5, 5.41) is 3.20. The lowest BCUT2D eigenvalue weighted by atomic mass is 9.91. The molecule has 1 aromatic rings. The number of halogens is 2. The zero-order chi connectivity index (χ0) is 13.0. The zero-order valence-corrected chi connectivity index (χ0v) is 10.6. The molecular formula is C14H19F2NO. The highest BCUT2D eigenvalue weighted by molar-refractivity contribution is 5.29. The monoisotopic (exact) mass is 255 g/mol. The minimum atomic E-state index is -0.911. The van der Waals surface area contributed by atoms with E-state index in [2.05, 4.69) is 5.32 Å². The zero-order valence-electron chi connectivity index (χ0n) is 10.6. The Labute approximate surface area is 106 Å². The van der Waals surface area contributed by atoms with Crippen LogP contribution in [0.4, 0.5) is 8.78 Å². The fourth-order valence-corrected chi connectivity index (χ4v) is 2.42. The van der Waals surface area contributed by atoms with Crippen molar-refractivity contribution in [1.29, 1.82) is 0 Å². The second-order valence-corrected chi connectivity index (χ2v) is 4.80. The molecule has 4 heteroatoms. The van der Waals surface area contributed by atoms with Crippen LogP contribution in [0.25, 0.3) is 0 Å². The first-order chi connectivity index (χ1) is 8.70. The number of piperidine rings is 1. The first-order valence-electron chi connectivity index (χ1n) is 6.38. The molecule has 0 bridgehead atoms. The van der Waals surface area contributed by atoms with Gasteiger partial charge in [-0.3, -0.25) is 0 Å². The number of alkyl halides is 1. The Balaban J connectivity index is 1.97. The molecule has 1 aromatic carbocycles. The lowest BCUT2D eigenvalue weighted by Gasteiger charge is -2.25. The Morgan fingerprint density at radius 3 is 2.94 bits per heavy atom. The van der Waals surface area contributed by atoms with Gasteiger partial charge in [-0.25, -0.2) is 8.78 Å². The van der Waals surface area contributed by atoms with Gasteiger partial charge in [-0.15, -0.1) is 0 Å². The Hall–Kier alpha value is -1.16. The molecule has 0 saturated carbocycles. The van der Waals surface area contributed by atoms with E-state index in [0.717, 1.165) is 25.9 Å². The molecule has 2 unspecified atom stereocenters. The van der Waals surface area contributed by atoms with Crippen LogP contribution >= 0.6 is 0 Å². The molecule has 2 atom stereocenters. The van der Waals surface area contributed by atoms with Gasteiger partial charge in [0.05, 0.1) is 7.11 Å². The standard InChI is InChI=1S/C14H19F2NO/c1-18-14-5-4-10(8-13(14)16)7-12(15)11-3-2-6-17-9-11/h4-5,8,11-12,17H,2-3,6-7,9H2,1H3. The fourth-order valence-electron chi connectivity index (χ4n) is 2.42. The minimum absolute atomic E-state index is 0.0453. The topological polar surface area (TPSA) is 21.3 Å². The second kappa shape index (κ2) is 6.14. The van der Waals surface area contributed by atoms with Crippen LogP contribution in [0.15, 0.2) is 18.2 Å². The van der Waals surface area contributed by atoms with Gasteiger partial charge in [0, 0.05) is 18.9 Å². The highest BCUT2D eigenvalue weighted by Crippen LogP contribution is 2.23. The van der Waals surface area contributed by atoms with Crippen molar-refractivity contribution in [2.45, 2.75) is 25.4 Å². The van der Waals surface area contributed by atoms with Crippen molar-refractivity contribution in [1.82, 2.24) is 5.32 Å². The van der Waals surface area contributed by atoms with Gasteiger partial charge in [0.25, 0.3) is 0 Å². The van der Waals surface area contributed by atoms with Crippen LogP contribution in [0.1, 0.15) is 18.4 Å². The van der Waals surface area contributed by atoms with Crippen LogP contribution in [0, 0.1) is 11.7 Å². The first-order valence-corrected chi connectivity index (χ1v) is 6.38. The molecule has 0 aromatic heterocycles. The van der Waals surface area contributed by atoms with Crippen LogP contribution < -0.4 is 10.1 Å². The minimum Gasteiger partial charge on any atom is -0.494 e. The third-order valence-corrected chi connectivity index (χ3v) is 3.49. The van der Waals surface area contributed by atoms with Gasteiger partial charge in [0.1, 0.15) is 6.17 Å². The number of hydrogen-bond donors (Lipinski definition) is 1. The third-order valence-electron chi connectivity index (χ3n) is 3.49. The number of hydrogen-bond acceptors (Lipinski definition) is 2. The SMILES string of the molecule is COc1ccc(CC(F)C2CCCNC2)cc1F. The third kappa shape index (κ3) is 3.19. The molecule has 1 aliphatic heterocycles. The Morgan fingerprint density at radius 1 is 1.50 bits per heavy atom. The Kier molecular flexibility index (Phi) is 4.53. The van der Waals surface area contributed by atoms with E-state index in [9.17, 15) is 8.78 Å². The molecule has 2 nitrogen and oxygen atoms in total. The number of benzene rings is 1. The number of nitrogens with one attached hydrogen (secondary N) is 1. The van der Waals surface area contributed by atoms with Crippen LogP contribution in [-0.4, -0.2) is 26.4 Å². The first kappa shape index (κ1) is 13.3. The lowest BCUT2D eigenvalue weighted by molar-refractivity contribution is 0.191. The van der Waals surface area contributed by atoms with E-state index in [-0.39, 0.29) is 18.1 Å². The van der Waals surface area contributed by atoms with E-state index in [1.807, 2.05) is 0 Å². The molecule has 0 radical (unpaired) electrons. The predicted molar refractivity (Wildman–Crippen MR) is 67.1 cm³/mol. The summed E-state index contributed by atoms with van der Waals surface area (Å²) in [5.41, 5.74) is 0.686. The summed E-state index contributed by atoms with van der Waals surface area (Å²) in [4.78, 5) is 0. The van der Waals surface area contributed by atoms with Gasteiger partial charge in [-0.2, -0.15) is 0 Å². The average Bonchev–Trinajstić information content (AvgIpc) is 2.40. The largest absolute Gasteiger partial charge is 0.494 e. The normalized spacial score (nSPS) is 21.6. The summed E-state index contributed by atoms with van der Waals surface area (Å²) >= 11 is 0. The second-order valence-electron chi connectivity index (χ2n) is 4.80. The molecule has 18 heavy (non-hydrogen) atoms. The summed E-state index contributed by atoms with van der Waals surface area (Å²) in [5.74, 6) is -0.179. The Bertz CT molecular complexity index is 391. The predicted octanol–water partition coefficient (Wildman–Crippen LogP) is 2.71. The number of rotatable bonds is 4. The molecule has 1 fully saturated rings. The molecule has 1 saturated heterocycles. The summed E-state index contributed by atoms with van der Waals surface area (Å²) < 4.78 is 32.4. The van der Waals surface area contributed by atoms with Crippen LogP contribution in [0.3, 0.4) is 0 Å².